The van der Waals surface area contributed by atoms with Gasteiger partial charge in [0.25, 0.3) is 5.91 Å². The molecule has 0 aromatic heterocycles. The van der Waals surface area contributed by atoms with Crippen LogP contribution < -0.4 is 5.73 Å². The smallest absolute Gasteiger partial charge is 0.292 e. The number of carbonyl (C=O) groups excluding carboxylic acids is 1. The van der Waals surface area contributed by atoms with Crippen molar-refractivity contribution in [2.45, 2.75) is 37.8 Å². The second-order valence-electron chi connectivity index (χ2n) is 4.69. The van der Waals surface area contributed by atoms with Gasteiger partial charge in [0.2, 0.25) is 5.76 Å². The molecule has 96 valence electrons. The number of nitrogens with two attached hydrogens (primary N) is 1. The number of hydrogen-bond acceptors (Lipinski definition) is 4. The zero-order valence-electron chi connectivity index (χ0n) is 10.2. The van der Waals surface area contributed by atoms with Gasteiger partial charge in [-0.15, -0.1) is 0 Å². The van der Waals surface area contributed by atoms with Gasteiger partial charge < -0.3 is 20.1 Å². The average molecular weight is 240 g/mol. The maximum atomic E-state index is 12.1. The molecule has 2 aliphatic rings. The molecule has 1 fully saturated rings. The predicted molar refractivity (Wildman–Crippen MR) is 63.0 cm³/mol. The van der Waals surface area contributed by atoms with Crippen LogP contribution >= 0.6 is 0 Å². The number of nitrogens with zero attached hydrogens (tertiary/aromatic N) is 1. The Morgan fingerprint density at radius 1 is 1.35 bits per heavy atom. The summed E-state index contributed by atoms with van der Waals surface area (Å²) in [6.07, 6.45) is 5.32. The van der Waals surface area contributed by atoms with E-state index in [9.17, 15) is 4.79 Å². The maximum absolute atomic E-state index is 12.1. The van der Waals surface area contributed by atoms with Gasteiger partial charge in [-0.05, 0) is 25.7 Å². The van der Waals surface area contributed by atoms with Gasteiger partial charge in [0.05, 0.1) is 0 Å². The molecular formula is C12H20N2O3. The predicted octanol–water partition coefficient (Wildman–Crippen LogP) is 0.603. The summed E-state index contributed by atoms with van der Waals surface area (Å²) in [4.78, 5) is 13.9. The number of amides is 1. The van der Waals surface area contributed by atoms with Crippen molar-refractivity contribution in [3.05, 3.63) is 12.0 Å². The van der Waals surface area contributed by atoms with E-state index in [4.69, 9.17) is 15.2 Å². The van der Waals surface area contributed by atoms with Gasteiger partial charge >= 0.3 is 0 Å². The Morgan fingerprint density at radius 3 is 2.65 bits per heavy atom. The lowest BCUT2D eigenvalue weighted by molar-refractivity contribution is -0.133. The molecule has 1 saturated carbocycles. The number of carbonyl (C=O) groups is 1. The topological polar surface area (TPSA) is 64.8 Å². The zero-order valence-corrected chi connectivity index (χ0v) is 10.2. The summed E-state index contributed by atoms with van der Waals surface area (Å²) in [7, 11) is 1.82. The summed E-state index contributed by atoms with van der Waals surface area (Å²) < 4.78 is 10.4. The van der Waals surface area contributed by atoms with Crippen LogP contribution in [0.1, 0.15) is 25.7 Å². The lowest BCUT2D eigenvalue weighted by Crippen LogP contribution is -2.43. The van der Waals surface area contributed by atoms with E-state index in [2.05, 4.69) is 0 Å². The van der Waals surface area contributed by atoms with Crippen LogP contribution in [0.4, 0.5) is 0 Å². The molecule has 0 aromatic rings. The van der Waals surface area contributed by atoms with E-state index < -0.39 is 0 Å². The van der Waals surface area contributed by atoms with E-state index in [0.29, 0.717) is 25.0 Å². The standard InChI is InChI=1S/C12H20N2O3/c1-14(10-4-2-9(13)3-5-10)12(15)11-8-16-6-7-17-11/h8-10H,2-7,13H2,1H3. The van der Waals surface area contributed by atoms with Crippen molar-refractivity contribution in [2.75, 3.05) is 20.3 Å². The van der Waals surface area contributed by atoms with Crippen LogP contribution in [0.15, 0.2) is 12.0 Å². The van der Waals surface area contributed by atoms with Crippen LogP contribution in [0.3, 0.4) is 0 Å². The second-order valence-corrected chi connectivity index (χ2v) is 4.69. The fraction of sp³-hybridized carbons (Fsp3) is 0.750. The first-order valence-corrected chi connectivity index (χ1v) is 6.16. The van der Waals surface area contributed by atoms with Gasteiger partial charge in [0, 0.05) is 19.1 Å². The summed E-state index contributed by atoms with van der Waals surface area (Å²) in [5.41, 5.74) is 5.86. The molecule has 1 aliphatic carbocycles. The van der Waals surface area contributed by atoms with Crippen molar-refractivity contribution in [2.24, 2.45) is 5.73 Å². The lowest BCUT2D eigenvalue weighted by atomic mass is 9.91. The third-order valence-electron chi connectivity index (χ3n) is 3.47. The van der Waals surface area contributed by atoms with Crippen LogP contribution in [0.25, 0.3) is 0 Å². The van der Waals surface area contributed by atoms with Crippen molar-refractivity contribution < 1.29 is 14.3 Å². The quantitative estimate of drug-likeness (QED) is 0.767. The lowest BCUT2D eigenvalue weighted by Gasteiger charge is -2.34. The number of hydrogen-bond donors (Lipinski definition) is 1. The Labute approximate surface area is 102 Å². The Hall–Kier alpha value is -1.23. The van der Waals surface area contributed by atoms with Crippen molar-refractivity contribution in [1.29, 1.82) is 0 Å². The Balaban J connectivity index is 1.92. The monoisotopic (exact) mass is 240 g/mol. The molecule has 0 saturated heterocycles. The number of ether oxygens (including phenoxy) is 2. The van der Waals surface area contributed by atoms with Crippen molar-refractivity contribution in [1.82, 2.24) is 4.90 Å². The van der Waals surface area contributed by atoms with Crippen molar-refractivity contribution >= 4 is 5.91 Å². The highest BCUT2D eigenvalue weighted by Gasteiger charge is 2.28. The molecule has 0 spiro atoms. The molecule has 17 heavy (non-hydrogen) atoms. The van der Waals surface area contributed by atoms with E-state index in [-0.39, 0.29) is 11.9 Å². The van der Waals surface area contributed by atoms with Gasteiger partial charge in [0.15, 0.2) is 0 Å². The highest BCUT2D eigenvalue weighted by Crippen LogP contribution is 2.22. The Bertz CT molecular complexity index is 309. The van der Waals surface area contributed by atoms with E-state index in [0.717, 1.165) is 25.7 Å². The molecule has 1 amide bonds. The number of rotatable bonds is 2. The normalized spacial score (nSPS) is 28.7. The van der Waals surface area contributed by atoms with Gasteiger partial charge in [-0.1, -0.05) is 0 Å². The molecule has 2 N–H and O–H groups in total. The fourth-order valence-electron chi connectivity index (χ4n) is 2.31. The fourth-order valence-corrected chi connectivity index (χ4v) is 2.31. The summed E-state index contributed by atoms with van der Waals surface area (Å²) in [5, 5.41) is 0. The van der Waals surface area contributed by atoms with Gasteiger partial charge in [-0.3, -0.25) is 4.79 Å². The second kappa shape index (κ2) is 5.40. The van der Waals surface area contributed by atoms with E-state index in [1.807, 2.05) is 7.05 Å². The molecule has 0 bridgehead atoms. The highest BCUT2D eigenvalue weighted by atomic mass is 16.6. The molecule has 1 aliphatic heterocycles. The van der Waals surface area contributed by atoms with Crippen LogP contribution in [-0.2, 0) is 14.3 Å². The van der Waals surface area contributed by atoms with E-state index in [1.165, 1.54) is 6.26 Å². The maximum Gasteiger partial charge on any atom is 0.292 e. The van der Waals surface area contributed by atoms with Crippen LogP contribution in [-0.4, -0.2) is 43.2 Å². The number of likely N-dealkylation sites (N-methyl/N-ethyl adjacent to an activating group) is 1. The molecule has 0 aromatic carbocycles. The van der Waals surface area contributed by atoms with E-state index in [1.54, 1.807) is 4.90 Å². The average Bonchev–Trinajstić information content (AvgIpc) is 2.39. The van der Waals surface area contributed by atoms with Gasteiger partial charge in [-0.25, -0.2) is 0 Å². The van der Waals surface area contributed by atoms with Crippen LogP contribution in [0, 0.1) is 0 Å². The Morgan fingerprint density at radius 2 is 2.06 bits per heavy atom. The van der Waals surface area contributed by atoms with Gasteiger partial charge in [0.1, 0.15) is 19.5 Å². The minimum atomic E-state index is -0.0924. The SMILES string of the molecule is CN(C(=O)C1=COCCO1)C1CCC(N)CC1. The summed E-state index contributed by atoms with van der Waals surface area (Å²) in [6.45, 7) is 0.958. The summed E-state index contributed by atoms with van der Waals surface area (Å²) in [5.74, 6) is 0.221. The molecule has 0 unspecified atom stereocenters. The molecule has 0 atom stereocenters. The molecule has 0 radical (unpaired) electrons. The molecule has 1 heterocycles. The van der Waals surface area contributed by atoms with Crippen LogP contribution in [0.2, 0.25) is 0 Å². The van der Waals surface area contributed by atoms with Crippen molar-refractivity contribution in [3.8, 4) is 0 Å². The first kappa shape index (κ1) is 12.2. The first-order chi connectivity index (χ1) is 8.18. The third kappa shape index (κ3) is 2.91. The molecular weight excluding hydrogens is 220 g/mol. The largest absolute Gasteiger partial charge is 0.494 e. The third-order valence-corrected chi connectivity index (χ3v) is 3.47. The van der Waals surface area contributed by atoms with Crippen LogP contribution in [0.5, 0.6) is 0 Å². The minimum Gasteiger partial charge on any atom is -0.494 e. The van der Waals surface area contributed by atoms with Crippen molar-refractivity contribution in [3.63, 3.8) is 0 Å². The minimum absolute atomic E-state index is 0.0924. The summed E-state index contributed by atoms with van der Waals surface area (Å²) >= 11 is 0. The summed E-state index contributed by atoms with van der Waals surface area (Å²) in [6, 6.07) is 0.567. The Kier molecular flexibility index (Phi) is 3.89. The van der Waals surface area contributed by atoms with E-state index >= 15 is 0 Å². The molecule has 5 nitrogen and oxygen atoms in total. The highest BCUT2D eigenvalue weighted by molar-refractivity contribution is 5.91. The van der Waals surface area contributed by atoms with Gasteiger partial charge in [-0.2, -0.15) is 0 Å². The molecule has 5 heteroatoms. The molecule has 2 rings (SSSR count). The zero-order chi connectivity index (χ0) is 12.3. The first-order valence-electron chi connectivity index (χ1n) is 6.16.